The SMILES string of the molecule is COCCNC(=O)[C@H]1CN(C(=S)NC2CC2)C[C@@H]1c1cccc(OC)c1OC. The van der Waals surface area contributed by atoms with Gasteiger partial charge < -0.3 is 29.7 Å². The Morgan fingerprint density at radius 1 is 1.21 bits per heavy atom. The maximum atomic E-state index is 12.9. The lowest BCUT2D eigenvalue weighted by molar-refractivity contribution is -0.125. The third kappa shape index (κ3) is 4.67. The molecule has 2 fully saturated rings. The Kier molecular flexibility index (Phi) is 6.96. The van der Waals surface area contributed by atoms with Crippen LogP contribution in [0.15, 0.2) is 18.2 Å². The van der Waals surface area contributed by atoms with Gasteiger partial charge in [-0.05, 0) is 31.1 Å². The monoisotopic (exact) mass is 407 g/mol. The number of carbonyl (C=O) groups is 1. The molecule has 1 saturated carbocycles. The number of nitrogens with one attached hydrogen (secondary N) is 2. The zero-order chi connectivity index (χ0) is 20.1. The van der Waals surface area contributed by atoms with Crippen molar-refractivity contribution in [3.05, 3.63) is 23.8 Å². The van der Waals surface area contributed by atoms with E-state index in [1.165, 1.54) is 0 Å². The first-order chi connectivity index (χ1) is 13.6. The molecule has 0 unspecified atom stereocenters. The molecule has 2 atom stereocenters. The van der Waals surface area contributed by atoms with Crippen LogP contribution < -0.4 is 20.1 Å². The molecule has 0 radical (unpaired) electrons. The molecular weight excluding hydrogens is 378 g/mol. The number of rotatable bonds is 8. The fourth-order valence-electron chi connectivity index (χ4n) is 3.66. The van der Waals surface area contributed by atoms with Crippen LogP contribution in [0.1, 0.15) is 24.3 Å². The minimum atomic E-state index is -0.239. The van der Waals surface area contributed by atoms with Crippen molar-refractivity contribution in [2.45, 2.75) is 24.8 Å². The molecule has 1 aromatic carbocycles. The number of methoxy groups -OCH3 is 3. The van der Waals surface area contributed by atoms with E-state index in [0.29, 0.717) is 43.8 Å². The van der Waals surface area contributed by atoms with Crippen molar-refractivity contribution in [2.24, 2.45) is 5.92 Å². The molecule has 1 heterocycles. The Balaban J connectivity index is 1.84. The second kappa shape index (κ2) is 9.43. The van der Waals surface area contributed by atoms with Gasteiger partial charge >= 0.3 is 0 Å². The number of ether oxygens (including phenoxy) is 3. The molecule has 0 spiro atoms. The number of nitrogens with zero attached hydrogens (tertiary/aromatic N) is 1. The lowest BCUT2D eigenvalue weighted by Crippen LogP contribution is -2.41. The average molecular weight is 408 g/mol. The lowest BCUT2D eigenvalue weighted by atomic mass is 9.87. The first kappa shape index (κ1) is 20.7. The van der Waals surface area contributed by atoms with Crippen LogP contribution in [0.25, 0.3) is 0 Å². The van der Waals surface area contributed by atoms with Crippen LogP contribution >= 0.6 is 12.2 Å². The lowest BCUT2D eigenvalue weighted by Gasteiger charge is -2.22. The molecule has 2 aliphatic rings. The van der Waals surface area contributed by atoms with Gasteiger partial charge in [0.1, 0.15) is 0 Å². The minimum Gasteiger partial charge on any atom is -0.493 e. The highest BCUT2D eigenvalue weighted by Gasteiger charge is 2.41. The largest absolute Gasteiger partial charge is 0.493 e. The first-order valence-corrected chi connectivity index (χ1v) is 10.0. The summed E-state index contributed by atoms with van der Waals surface area (Å²) < 4.78 is 16.1. The van der Waals surface area contributed by atoms with Gasteiger partial charge in [-0.2, -0.15) is 0 Å². The van der Waals surface area contributed by atoms with Gasteiger partial charge in [-0.1, -0.05) is 12.1 Å². The van der Waals surface area contributed by atoms with E-state index in [0.717, 1.165) is 23.5 Å². The molecule has 7 nitrogen and oxygen atoms in total. The molecule has 1 aliphatic carbocycles. The van der Waals surface area contributed by atoms with Crippen molar-refractivity contribution in [2.75, 3.05) is 47.6 Å². The number of hydrogen-bond acceptors (Lipinski definition) is 5. The van der Waals surface area contributed by atoms with Crippen LogP contribution in [-0.2, 0) is 9.53 Å². The van der Waals surface area contributed by atoms with Crippen LogP contribution in [0, 0.1) is 5.92 Å². The predicted molar refractivity (Wildman–Crippen MR) is 111 cm³/mol. The van der Waals surface area contributed by atoms with E-state index in [4.69, 9.17) is 26.4 Å². The molecule has 0 aromatic heterocycles. The van der Waals surface area contributed by atoms with Crippen molar-refractivity contribution in [3.63, 3.8) is 0 Å². The Labute approximate surface area is 171 Å². The summed E-state index contributed by atoms with van der Waals surface area (Å²) >= 11 is 5.60. The maximum absolute atomic E-state index is 12.9. The van der Waals surface area contributed by atoms with Gasteiger partial charge in [0.25, 0.3) is 0 Å². The summed E-state index contributed by atoms with van der Waals surface area (Å²) in [7, 11) is 4.86. The van der Waals surface area contributed by atoms with Gasteiger partial charge in [-0.25, -0.2) is 0 Å². The zero-order valence-corrected chi connectivity index (χ0v) is 17.5. The molecule has 3 rings (SSSR count). The van der Waals surface area contributed by atoms with Crippen LogP contribution in [0.2, 0.25) is 0 Å². The topological polar surface area (TPSA) is 72.1 Å². The van der Waals surface area contributed by atoms with E-state index in [1.807, 2.05) is 18.2 Å². The summed E-state index contributed by atoms with van der Waals surface area (Å²) in [6, 6.07) is 6.27. The number of amides is 1. The molecule has 0 bridgehead atoms. The van der Waals surface area contributed by atoms with Crippen LogP contribution in [0.5, 0.6) is 11.5 Å². The van der Waals surface area contributed by atoms with Gasteiger partial charge in [-0.3, -0.25) is 4.79 Å². The van der Waals surface area contributed by atoms with Crippen molar-refractivity contribution >= 4 is 23.2 Å². The van der Waals surface area contributed by atoms with Crippen molar-refractivity contribution in [1.29, 1.82) is 0 Å². The Morgan fingerprint density at radius 2 is 2.00 bits per heavy atom. The molecule has 8 heteroatoms. The molecule has 1 aromatic rings. The van der Waals surface area contributed by atoms with E-state index in [-0.39, 0.29) is 17.7 Å². The zero-order valence-electron chi connectivity index (χ0n) is 16.7. The molecule has 1 amide bonds. The number of likely N-dealkylation sites (tertiary alicyclic amines) is 1. The van der Waals surface area contributed by atoms with Gasteiger partial charge in [0, 0.05) is 44.3 Å². The summed E-state index contributed by atoms with van der Waals surface area (Å²) in [6.45, 7) is 2.20. The number of thiocarbonyl (C=S) groups is 1. The Hall–Kier alpha value is -2.06. The molecule has 154 valence electrons. The summed E-state index contributed by atoms with van der Waals surface area (Å²) in [4.78, 5) is 15.0. The second-order valence-electron chi connectivity index (χ2n) is 7.21. The standard InChI is InChI=1S/C20H29N3O4S/c1-25-10-9-21-19(24)16-12-23(20(28)22-13-7-8-13)11-15(16)14-5-4-6-17(26-2)18(14)27-3/h4-6,13,15-16H,7-12H2,1-3H3,(H,21,24)(H,22,28)/t15-,16+/m1/s1. The van der Waals surface area contributed by atoms with E-state index in [9.17, 15) is 4.79 Å². The quantitative estimate of drug-likeness (QED) is 0.500. The van der Waals surface area contributed by atoms with E-state index in [2.05, 4.69) is 15.5 Å². The number of benzene rings is 1. The van der Waals surface area contributed by atoms with Gasteiger partial charge in [-0.15, -0.1) is 0 Å². The number of para-hydroxylation sites is 1. The fourth-order valence-corrected chi connectivity index (χ4v) is 3.97. The summed E-state index contributed by atoms with van der Waals surface area (Å²) in [5.74, 6) is 1.05. The molecule has 28 heavy (non-hydrogen) atoms. The fraction of sp³-hybridized carbons (Fsp3) is 0.600. The van der Waals surface area contributed by atoms with Crippen LogP contribution in [0.3, 0.4) is 0 Å². The van der Waals surface area contributed by atoms with Gasteiger partial charge in [0.2, 0.25) is 5.91 Å². The summed E-state index contributed by atoms with van der Waals surface area (Å²) in [5, 5.41) is 7.08. The molecular formula is C20H29N3O4S. The minimum absolute atomic E-state index is 0.00337. The van der Waals surface area contributed by atoms with Crippen LogP contribution in [0.4, 0.5) is 0 Å². The normalized spacial score (nSPS) is 21.3. The second-order valence-corrected chi connectivity index (χ2v) is 7.60. The number of carbonyl (C=O) groups excluding carboxylic acids is 1. The van der Waals surface area contributed by atoms with Gasteiger partial charge in [0.15, 0.2) is 16.6 Å². The number of hydrogen-bond donors (Lipinski definition) is 2. The highest BCUT2D eigenvalue weighted by molar-refractivity contribution is 7.80. The van der Waals surface area contributed by atoms with E-state index < -0.39 is 0 Å². The van der Waals surface area contributed by atoms with Gasteiger partial charge in [0.05, 0.1) is 26.7 Å². The average Bonchev–Trinajstić information content (AvgIpc) is 3.40. The Bertz CT molecular complexity index is 711. The predicted octanol–water partition coefficient (Wildman–Crippen LogP) is 1.52. The summed E-state index contributed by atoms with van der Waals surface area (Å²) in [6.07, 6.45) is 2.31. The van der Waals surface area contributed by atoms with E-state index >= 15 is 0 Å². The molecule has 2 N–H and O–H groups in total. The third-order valence-corrected chi connectivity index (χ3v) is 5.66. The summed E-state index contributed by atoms with van der Waals surface area (Å²) in [5.41, 5.74) is 0.963. The maximum Gasteiger partial charge on any atom is 0.225 e. The van der Waals surface area contributed by atoms with Crippen molar-refractivity contribution in [3.8, 4) is 11.5 Å². The van der Waals surface area contributed by atoms with E-state index in [1.54, 1.807) is 21.3 Å². The first-order valence-electron chi connectivity index (χ1n) is 9.62. The highest BCUT2D eigenvalue weighted by Crippen LogP contribution is 2.42. The Morgan fingerprint density at radius 3 is 2.64 bits per heavy atom. The van der Waals surface area contributed by atoms with Crippen molar-refractivity contribution < 1.29 is 19.0 Å². The molecule has 1 saturated heterocycles. The smallest absolute Gasteiger partial charge is 0.225 e. The molecule has 1 aliphatic heterocycles. The third-order valence-electron chi connectivity index (χ3n) is 5.29. The van der Waals surface area contributed by atoms with Crippen molar-refractivity contribution in [1.82, 2.24) is 15.5 Å². The highest BCUT2D eigenvalue weighted by atomic mass is 32.1. The van der Waals surface area contributed by atoms with Crippen LogP contribution in [-0.4, -0.2) is 69.5 Å².